The Kier molecular flexibility index (Phi) is 5.26. The fraction of sp³-hybridized carbons (Fsp3) is 0.429. The molecule has 3 aromatic rings. The first kappa shape index (κ1) is 18.8. The van der Waals surface area contributed by atoms with Crippen LogP contribution in [0.5, 0.6) is 0 Å². The third-order valence-electron chi connectivity index (χ3n) is 5.22. The normalized spacial score (nSPS) is 17.1. The van der Waals surface area contributed by atoms with E-state index in [4.69, 9.17) is 4.52 Å². The van der Waals surface area contributed by atoms with Crippen LogP contribution in [0.15, 0.2) is 28.8 Å². The topological polar surface area (TPSA) is 72.1 Å². The van der Waals surface area contributed by atoms with Gasteiger partial charge in [-0.15, -0.1) is 11.3 Å². The molecule has 1 aliphatic rings. The quantitative estimate of drug-likeness (QED) is 0.660. The Morgan fingerprint density at radius 2 is 2.07 bits per heavy atom. The largest absolute Gasteiger partial charge is 0.339 e. The molecule has 3 heterocycles. The number of carbonyl (C=O) groups excluding carboxylic acids is 1. The molecule has 0 radical (unpaired) electrons. The minimum absolute atomic E-state index is 0.0962. The van der Waals surface area contributed by atoms with Crippen molar-refractivity contribution in [3.05, 3.63) is 51.3 Å². The van der Waals surface area contributed by atoms with Gasteiger partial charge in [-0.1, -0.05) is 29.4 Å². The molecular formula is C21H24N4O2S. The smallest absolute Gasteiger partial charge is 0.265 e. The second-order valence-electron chi connectivity index (χ2n) is 7.44. The first-order valence-electron chi connectivity index (χ1n) is 9.63. The summed E-state index contributed by atoms with van der Waals surface area (Å²) >= 11 is 1.48. The number of hydrogen-bond donors (Lipinski definition) is 0. The predicted molar refractivity (Wildman–Crippen MR) is 108 cm³/mol. The zero-order chi connectivity index (χ0) is 19.7. The van der Waals surface area contributed by atoms with Crippen LogP contribution in [0.3, 0.4) is 0 Å². The van der Waals surface area contributed by atoms with Crippen LogP contribution in [-0.4, -0.2) is 39.0 Å². The monoisotopic (exact) mass is 396 g/mol. The van der Waals surface area contributed by atoms with Crippen molar-refractivity contribution >= 4 is 17.2 Å². The van der Waals surface area contributed by atoms with Crippen molar-refractivity contribution in [1.82, 2.24) is 20.0 Å². The predicted octanol–water partition coefficient (Wildman–Crippen LogP) is 4.21. The lowest BCUT2D eigenvalue weighted by atomic mass is 9.94. The molecule has 6 nitrogen and oxygen atoms in total. The number of hydrogen-bond acceptors (Lipinski definition) is 6. The summed E-state index contributed by atoms with van der Waals surface area (Å²) in [7, 11) is 0. The number of nitrogens with zero attached hydrogens (tertiary/aromatic N) is 4. The highest BCUT2D eigenvalue weighted by Gasteiger charge is 2.28. The Balaban J connectivity index is 1.44. The van der Waals surface area contributed by atoms with Crippen molar-refractivity contribution in [2.24, 2.45) is 5.92 Å². The van der Waals surface area contributed by atoms with E-state index < -0.39 is 0 Å². The Bertz CT molecular complexity index is 994. The summed E-state index contributed by atoms with van der Waals surface area (Å²) in [6, 6.07) is 8.02. The number of rotatable bonds is 4. The lowest BCUT2D eigenvalue weighted by Gasteiger charge is -2.32. The summed E-state index contributed by atoms with van der Waals surface area (Å²) in [4.78, 5) is 24.6. The molecule has 0 unspecified atom stereocenters. The lowest BCUT2D eigenvalue weighted by Crippen LogP contribution is -2.40. The molecule has 0 bridgehead atoms. The van der Waals surface area contributed by atoms with Crippen LogP contribution in [0.1, 0.15) is 44.7 Å². The van der Waals surface area contributed by atoms with E-state index in [0.717, 1.165) is 52.6 Å². The minimum Gasteiger partial charge on any atom is -0.339 e. The van der Waals surface area contributed by atoms with E-state index in [-0.39, 0.29) is 5.91 Å². The van der Waals surface area contributed by atoms with Gasteiger partial charge in [0, 0.05) is 25.1 Å². The van der Waals surface area contributed by atoms with Crippen molar-refractivity contribution in [3.8, 4) is 11.4 Å². The molecule has 0 N–H and O–H groups in total. The van der Waals surface area contributed by atoms with Gasteiger partial charge in [0.05, 0.1) is 10.7 Å². The van der Waals surface area contributed by atoms with Gasteiger partial charge >= 0.3 is 0 Å². The molecule has 1 atom stereocenters. The van der Waals surface area contributed by atoms with E-state index >= 15 is 0 Å². The van der Waals surface area contributed by atoms with E-state index in [9.17, 15) is 4.79 Å². The van der Waals surface area contributed by atoms with Gasteiger partial charge in [0.15, 0.2) is 0 Å². The molecule has 4 rings (SSSR count). The van der Waals surface area contributed by atoms with E-state index in [1.165, 1.54) is 11.3 Å². The lowest BCUT2D eigenvalue weighted by molar-refractivity contribution is 0.0672. The van der Waals surface area contributed by atoms with Gasteiger partial charge in [0.1, 0.15) is 4.88 Å². The average molecular weight is 397 g/mol. The SMILES string of the molecule is Cc1nc(C)c(C(=O)N2CCC[C@H](Cc3nc(-c4ccccc4C)no3)C2)s1. The fourth-order valence-electron chi connectivity index (χ4n) is 3.81. The number of thiazole rings is 1. The van der Waals surface area contributed by atoms with Gasteiger partial charge in [0.25, 0.3) is 5.91 Å². The second-order valence-corrected chi connectivity index (χ2v) is 8.64. The summed E-state index contributed by atoms with van der Waals surface area (Å²) in [6.07, 6.45) is 2.75. The molecular weight excluding hydrogens is 372 g/mol. The first-order chi connectivity index (χ1) is 13.5. The van der Waals surface area contributed by atoms with Crippen LogP contribution in [0.4, 0.5) is 0 Å². The third kappa shape index (κ3) is 3.85. The molecule has 1 aliphatic heterocycles. The van der Waals surface area contributed by atoms with Crippen molar-refractivity contribution < 1.29 is 9.32 Å². The highest BCUT2D eigenvalue weighted by atomic mass is 32.1. The Morgan fingerprint density at radius 3 is 2.82 bits per heavy atom. The molecule has 2 aromatic heterocycles. The molecule has 0 saturated carbocycles. The van der Waals surface area contributed by atoms with E-state index in [0.29, 0.717) is 24.1 Å². The number of amides is 1. The molecule has 0 aliphatic carbocycles. The van der Waals surface area contributed by atoms with Crippen molar-refractivity contribution in [2.45, 2.75) is 40.0 Å². The Labute approximate surface area is 168 Å². The average Bonchev–Trinajstić information content (AvgIpc) is 3.27. The summed E-state index contributed by atoms with van der Waals surface area (Å²) in [6.45, 7) is 7.40. The molecule has 1 saturated heterocycles. The Hall–Kier alpha value is -2.54. The molecule has 146 valence electrons. The van der Waals surface area contributed by atoms with E-state index in [2.05, 4.69) is 15.1 Å². The van der Waals surface area contributed by atoms with Crippen LogP contribution < -0.4 is 0 Å². The highest BCUT2D eigenvalue weighted by Crippen LogP contribution is 2.26. The van der Waals surface area contributed by atoms with Crippen molar-refractivity contribution in [1.29, 1.82) is 0 Å². The van der Waals surface area contributed by atoms with Crippen molar-refractivity contribution in [2.75, 3.05) is 13.1 Å². The number of benzene rings is 1. The molecule has 1 amide bonds. The second kappa shape index (κ2) is 7.83. The molecule has 28 heavy (non-hydrogen) atoms. The van der Waals surface area contributed by atoms with Crippen LogP contribution in [0, 0.1) is 26.7 Å². The Morgan fingerprint density at radius 1 is 1.25 bits per heavy atom. The van der Waals surface area contributed by atoms with Gasteiger partial charge in [0.2, 0.25) is 11.7 Å². The minimum atomic E-state index is 0.0962. The summed E-state index contributed by atoms with van der Waals surface area (Å²) in [5.74, 6) is 1.70. The highest BCUT2D eigenvalue weighted by molar-refractivity contribution is 7.13. The molecule has 7 heteroatoms. The maximum atomic E-state index is 12.9. The number of likely N-dealkylation sites (tertiary alicyclic amines) is 1. The van der Waals surface area contributed by atoms with Crippen molar-refractivity contribution in [3.63, 3.8) is 0 Å². The molecule has 1 aromatic carbocycles. The number of aromatic nitrogens is 3. The van der Waals surface area contributed by atoms with Crippen LogP contribution in [0.25, 0.3) is 11.4 Å². The standard InChI is InChI=1S/C21H24N4O2S/c1-13-7-4-5-9-17(13)20-23-18(27-24-20)11-16-8-6-10-25(12-16)21(26)19-14(2)22-15(3)28-19/h4-5,7,9,16H,6,8,10-12H2,1-3H3/t16-/m1/s1. The zero-order valence-electron chi connectivity index (χ0n) is 16.4. The summed E-state index contributed by atoms with van der Waals surface area (Å²) in [5, 5.41) is 5.09. The van der Waals surface area contributed by atoms with Crippen LogP contribution in [-0.2, 0) is 6.42 Å². The number of aryl methyl sites for hydroxylation is 3. The van der Waals surface area contributed by atoms with Gasteiger partial charge in [-0.05, 0) is 45.1 Å². The van der Waals surface area contributed by atoms with E-state index in [1.807, 2.05) is 49.9 Å². The maximum Gasteiger partial charge on any atom is 0.265 e. The van der Waals surface area contributed by atoms with Gasteiger partial charge in [-0.25, -0.2) is 4.98 Å². The third-order valence-corrected chi connectivity index (χ3v) is 6.28. The van der Waals surface area contributed by atoms with Gasteiger partial charge in [-0.3, -0.25) is 4.79 Å². The van der Waals surface area contributed by atoms with Crippen LogP contribution >= 0.6 is 11.3 Å². The molecule has 0 spiro atoms. The number of carbonyl (C=O) groups is 1. The maximum absolute atomic E-state index is 12.9. The van der Waals surface area contributed by atoms with Crippen LogP contribution in [0.2, 0.25) is 0 Å². The first-order valence-corrected chi connectivity index (χ1v) is 10.4. The summed E-state index contributed by atoms with van der Waals surface area (Å²) in [5.41, 5.74) is 2.95. The summed E-state index contributed by atoms with van der Waals surface area (Å²) < 4.78 is 5.51. The van der Waals surface area contributed by atoms with Gasteiger partial charge < -0.3 is 9.42 Å². The van der Waals surface area contributed by atoms with E-state index in [1.54, 1.807) is 0 Å². The molecule has 1 fully saturated rings. The number of piperidine rings is 1. The fourth-order valence-corrected chi connectivity index (χ4v) is 4.70. The zero-order valence-corrected chi connectivity index (χ0v) is 17.3. The van der Waals surface area contributed by atoms with Gasteiger partial charge in [-0.2, -0.15) is 4.98 Å².